The van der Waals surface area contributed by atoms with Gasteiger partial charge in [-0.2, -0.15) is 5.26 Å². The number of alkyl halides is 2. The summed E-state index contributed by atoms with van der Waals surface area (Å²) in [7, 11) is 0. The second kappa shape index (κ2) is 5.61. The van der Waals surface area contributed by atoms with Crippen LogP contribution in [0.5, 0.6) is 0 Å². The van der Waals surface area contributed by atoms with Crippen LogP contribution < -0.4 is 0 Å². The Balaban J connectivity index is 2.54. The first-order chi connectivity index (χ1) is 6.74. The summed E-state index contributed by atoms with van der Waals surface area (Å²) in [5.74, 6) is 0.344. The van der Waals surface area contributed by atoms with Gasteiger partial charge in [-0.3, -0.25) is 0 Å². The summed E-state index contributed by atoms with van der Waals surface area (Å²) in [4.78, 5) is 0.774. The normalized spacial score (nSPS) is 10.1. The summed E-state index contributed by atoms with van der Waals surface area (Å²) >= 11 is 1.30. The second-order valence-corrected chi connectivity index (χ2v) is 3.77. The van der Waals surface area contributed by atoms with Crippen LogP contribution in [-0.2, 0) is 0 Å². The van der Waals surface area contributed by atoms with E-state index in [1.807, 2.05) is 6.07 Å². The molecule has 1 rings (SSSR count). The van der Waals surface area contributed by atoms with Gasteiger partial charge in [-0.1, -0.05) is 12.1 Å². The number of thioether (sulfide) groups is 1. The molecular formula is C10H9F2NS. The molecule has 0 aliphatic heterocycles. The largest absolute Gasteiger partial charge is 0.239 e. The quantitative estimate of drug-likeness (QED) is 0.716. The number of hydrogen-bond acceptors (Lipinski definition) is 2. The molecule has 0 unspecified atom stereocenters. The molecule has 0 spiro atoms. The lowest BCUT2D eigenvalue weighted by Gasteiger charge is -2.02. The molecule has 0 amide bonds. The fourth-order valence-corrected chi connectivity index (χ4v) is 1.90. The van der Waals surface area contributed by atoms with Crippen molar-refractivity contribution < 1.29 is 8.78 Å². The van der Waals surface area contributed by atoms with E-state index < -0.39 is 6.43 Å². The van der Waals surface area contributed by atoms with Gasteiger partial charge in [0, 0.05) is 17.1 Å². The SMILES string of the molecule is N#Cc1ccccc1SCCC(F)F. The summed E-state index contributed by atoms with van der Waals surface area (Å²) in [6, 6.07) is 9.04. The minimum atomic E-state index is -2.27. The van der Waals surface area contributed by atoms with Crippen molar-refractivity contribution in [2.75, 3.05) is 5.75 Å². The number of hydrogen-bond donors (Lipinski definition) is 0. The molecule has 74 valence electrons. The summed E-state index contributed by atoms with van der Waals surface area (Å²) in [6.45, 7) is 0. The van der Waals surface area contributed by atoms with Gasteiger partial charge in [0.25, 0.3) is 0 Å². The van der Waals surface area contributed by atoms with Crippen molar-refractivity contribution in [2.24, 2.45) is 0 Å². The number of halogens is 2. The molecular weight excluding hydrogens is 204 g/mol. The van der Waals surface area contributed by atoms with Crippen LogP contribution in [0.2, 0.25) is 0 Å². The van der Waals surface area contributed by atoms with E-state index in [1.54, 1.807) is 24.3 Å². The third-order valence-electron chi connectivity index (χ3n) is 1.60. The Hall–Kier alpha value is -1.08. The molecule has 1 aromatic carbocycles. The van der Waals surface area contributed by atoms with E-state index in [4.69, 9.17) is 5.26 Å². The standard InChI is InChI=1S/C10H9F2NS/c11-10(12)5-6-14-9-4-2-1-3-8(9)7-13/h1-4,10H,5-6H2. The van der Waals surface area contributed by atoms with E-state index in [1.165, 1.54) is 11.8 Å². The average Bonchev–Trinajstić information content (AvgIpc) is 2.18. The number of benzene rings is 1. The van der Waals surface area contributed by atoms with Gasteiger partial charge in [-0.25, -0.2) is 8.78 Å². The minimum absolute atomic E-state index is 0.134. The summed E-state index contributed by atoms with van der Waals surface area (Å²) in [6.07, 6.45) is -2.40. The molecule has 0 heterocycles. The number of nitrogens with zero attached hydrogens (tertiary/aromatic N) is 1. The van der Waals surface area contributed by atoms with Gasteiger partial charge in [0.05, 0.1) is 5.56 Å². The van der Waals surface area contributed by atoms with Gasteiger partial charge in [-0.15, -0.1) is 11.8 Å². The predicted molar refractivity (Wildman–Crippen MR) is 52.5 cm³/mol. The maximum atomic E-state index is 11.8. The van der Waals surface area contributed by atoms with Crippen LogP contribution in [0.25, 0.3) is 0 Å². The highest BCUT2D eigenvalue weighted by Gasteiger charge is 2.04. The smallest absolute Gasteiger partial charge is 0.211 e. The third kappa shape index (κ3) is 3.35. The van der Waals surface area contributed by atoms with Crippen LogP contribution in [0, 0.1) is 11.3 Å². The van der Waals surface area contributed by atoms with Crippen LogP contribution in [0.15, 0.2) is 29.2 Å². The molecule has 1 nitrogen and oxygen atoms in total. The van der Waals surface area contributed by atoms with Crippen molar-refractivity contribution in [3.8, 4) is 6.07 Å². The Kier molecular flexibility index (Phi) is 4.41. The van der Waals surface area contributed by atoms with Crippen molar-refractivity contribution in [2.45, 2.75) is 17.7 Å². The maximum Gasteiger partial charge on any atom is 0.239 e. The Morgan fingerprint density at radius 1 is 1.36 bits per heavy atom. The maximum absolute atomic E-state index is 11.8. The zero-order valence-corrected chi connectivity index (χ0v) is 8.23. The monoisotopic (exact) mass is 213 g/mol. The van der Waals surface area contributed by atoms with Crippen molar-refractivity contribution >= 4 is 11.8 Å². The topological polar surface area (TPSA) is 23.8 Å². The van der Waals surface area contributed by atoms with E-state index in [-0.39, 0.29) is 6.42 Å². The fraction of sp³-hybridized carbons (Fsp3) is 0.300. The highest BCUT2D eigenvalue weighted by atomic mass is 32.2. The van der Waals surface area contributed by atoms with Gasteiger partial charge in [0.15, 0.2) is 0 Å². The van der Waals surface area contributed by atoms with Crippen molar-refractivity contribution in [3.05, 3.63) is 29.8 Å². The zero-order valence-electron chi connectivity index (χ0n) is 7.41. The average molecular weight is 213 g/mol. The van der Waals surface area contributed by atoms with E-state index >= 15 is 0 Å². The number of nitriles is 1. The highest BCUT2D eigenvalue weighted by molar-refractivity contribution is 7.99. The molecule has 0 aliphatic rings. The Morgan fingerprint density at radius 2 is 2.07 bits per heavy atom. The summed E-state index contributed by atoms with van der Waals surface area (Å²) in [5.41, 5.74) is 0.548. The number of rotatable bonds is 4. The Bertz CT molecular complexity index is 333. The molecule has 0 atom stereocenters. The van der Waals surface area contributed by atoms with Crippen LogP contribution in [-0.4, -0.2) is 12.2 Å². The van der Waals surface area contributed by atoms with E-state index in [0.717, 1.165) is 4.90 Å². The van der Waals surface area contributed by atoms with Crippen LogP contribution in [0.3, 0.4) is 0 Å². The first kappa shape index (κ1) is 11.0. The lowest BCUT2D eigenvalue weighted by atomic mass is 10.2. The molecule has 0 aliphatic carbocycles. The van der Waals surface area contributed by atoms with Crippen molar-refractivity contribution in [3.63, 3.8) is 0 Å². The minimum Gasteiger partial charge on any atom is -0.211 e. The molecule has 0 bridgehead atoms. The van der Waals surface area contributed by atoms with Gasteiger partial charge in [-0.05, 0) is 12.1 Å². The van der Waals surface area contributed by atoms with E-state index in [0.29, 0.717) is 11.3 Å². The first-order valence-electron chi connectivity index (χ1n) is 4.14. The molecule has 0 N–H and O–H groups in total. The second-order valence-electron chi connectivity index (χ2n) is 2.64. The Morgan fingerprint density at radius 3 is 2.71 bits per heavy atom. The third-order valence-corrected chi connectivity index (χ3v) is 2.71. The van der Waals surface area contributed by atoms with Crippen molar-refractivity contribution in [1.29, 1.82) is 5.26 Å². The van der Waals surface area contributed by atoms with Gasteiger partial charge < -0.3 is 0 Å². The molecule has 0 radical (unpaired) electrons. The Labute approximate surface area is 85.7 Å². The van der Waals surface area contributed by atoms with E-state index in [9.17, 15) is 8.78 Å². The van der Waals surface area contributed by atoms with Crippen molar-refractivity contribution in [1.82, 2.24) is 0 Å². The van der Waals surface area contributed by atoms with E-state index in [2.05, 4.69) is 0 Å². The molecule has 0 fully saturated rings. The molecule has 1 aromatic rings. The van der Waals surface area contributed by atoms with Gasteiger partial charge in [0.2, 0.25) is 6.43 Å². The van der Waals surface area contributed by atoms with Crippen LogP contribution in [0.1, 0.15) is 12.0 Å². The molecule has 0 saturated heterocycles. The molecule has 14 heavy (non-hydrogen) atoms. The summed E-state index contributed by atoms with van der Waals surface area (Å²) < 4.78 is 23.7. The molecule has 0 aromatic heterocycles. The molecule has 0 saturated carbocycles. The lowest BCUT2D eigenvalue weighted by molar-refractivity contribution is 0.145. The van der Waals surface area contributed by atoms with Gasteiger partial charge in [0.1, 0.15) is 6.07 Å². The van der Waals surface area contributed by atoms with Gasteiger partial charge >= 0.3 is 0 Å². The molecule has 4 heteroatoms. The summed E-state index contributed by atoms with van der Waals surface area (Å²) in [5, 5.41) is 8.72. The first-order valence-corrected chi connectivity index (χ1v) is 5.12. The van der Waals surface area contributed by atoms with Crippen LogP contribution >= 0.6 is 11.8 Å². The zero-order chi connectivity index (χ0) is 10.4. The lowest BCUT2D eigenvalue weighted by Crippen LogP contribution is -1.92. The fourth-order valence-electron chi connectivity index (χ4n) is 0.943. The van der Waals surface area contributed by atoms with Crippen LogP contribution in [0.4, 0.5) is 8.78 Å². The highest BCUT2D eigenvalue weighted by Crippen LogP contribution is 2.23. The predicted octanol–water partition coefficient (Wildman–Crippen LogP) is 3.31.